The van der Waals surface area contributed by atoms with Gasteiger partial charge in [-0.2, -0.15) is 0 Å². The van der Waals surface area contributed by atoms with E-state index in [-0.39, 0.29) is 31.8 Å². The Hall–Kier alpha value is -2.08. The van der Waals surface area contributed by atoms with E-state index in [9.17, 15) is 14.7 Å². The average Bonchev–Trinajstić information content (AvgIpc) is 2.53. The Labute approximate surface area is 129 Å². The lowest BCUT2D eigenvalue weighted by Crippen LogP contribution is -2.50. The quantitative estimate of drug-likeness (QED) is 0.861. The monoisotopic (exact) mass is 307 g/mol. The van der Waals surface area contributed by atoms with E-state index in [1.807, 2.05) is 6.92 Å². The van der Waals surface area contributed by atoms with E-state index in [1.165, 1.54) is 0 Å². The number of hydrogen-bond acceptors (Lipinski definition) is 4. The van der Waals surface area contributed by atoms with Crippen LogP contribution in [0, 0.1) is 0 Å². The van der Waals surface area contributed by atoms with Crippen LogP contribution in [0.1, 0.15) is 36.5 Å². The largest absolute Gasteiger partial charge is 0.494 e. The van der Waals surface area contributed by atoms with Gasteiger partial charge < -0.3 is 19.8 Å². The summed E-state index contributed by atoms with van der Waals surface area (Å²) in [5, 5.41) is 18.9. The van der Waals surface area contributed by atoms with Crippen LogP contribution in [-0.4, -0.2) is 52.3 Å². The summed E-state index contributed by atoms with van der Waals surface area (Å²) in [6.45, 7) is 3.04. The highest BCUT2D eigenvalue weighted by molar-refractivity contribution is 5.94. The van der Waals surface area contributed by atoms with Gasteiger partial charge in [0.1, 0.15) is 5.75 Å². The summed E-state index contributed by atoms with van der Waals surface area (Å²) in [5.41, 5.74) is -1.21. The number of hydrogen-bond donors (Lipinski definition) is 2. The van der Waals surface area contributed by atoms with E-state index in [2.05, 4.69) is 0 Å². The highest BCUT2D eigenvalue weighted by Crippen LogP contribution is 2.24. The zero-order valence-electron chi connectivity index (χ0n) is 12.6. The van der Waals surface area contributed by atoms with Gasteiger partial charge in [-0.15, -0.1) is 0 Å². The molecule has 6 nitrogen and oxygen atoms in total. The molecule has 1 saturated heterocycles. The van der Waals surface area contributed by atoms with Gasteiger partial charge in [-0.05, 0) is 24.6 Å². The Bertz CT molecular complexity index is 549. The summed E-state index contributed by atoms with van der Waals surface area (Å²) < 4.78 is 5.51. The maximum Gasteiger partial charge on any atom is 0.335 e. The van der Waals surface area contributed by atoms with Crippen molar-refractivity contribution in [3.63, 3.8) is 0 Å². The van der Waals surface area contributed by atoms with Gasteiger partial charge in [-0.25, -0.2) is 4.79 Å². The highest BCUT2D eigenvalue weighted by atomic mass is 16.5. The minimum absolute atomic E-state index is 0.0418. The normalized spacial score (nSPS) is 17.1. The van der Waals surface area contributed by atoms with Crippen LogP contribution in [0.3, 0.4) is 0 Å². The fourth-order valence-electron chi connectivity index (χ4n) is 2.41. The smallest absolute Gasteiger partial charge is 0.335 e. The van der Waals surface area contributed by atoms with Gasteiger partial charge >= 0.3 is 5.97 Å². The fourth-order valence-corrected chi connectivity index (χ4v) is 2.41. The van der Waals surface area contributed by atoms with E-state index in [4.69, 9.17) is 9.84 Å². The lowest BCUT2D eigenvalue weighted by molar-refractivity contribution is -0.162. The summed E-state index contributed by atoms with van der Waals surface area (Å²) in [4.78, 5) is 25.0. The Morgan fingerprint density at radius 2 is 2.00 bits per heavy atom. The van der Waals surface area contributed by atoms with E-state index in [1.54, 1.807) is 29.2 Å². The number of amides is 1. The van der Waals surface area contributed by atoms with Gasteiger partial charge in [0.25, 0.3) is 5.91 Å². The van der Waals surface area contributed by atoms with Crippen LogP contribution < -0.4 is 4.74 Å². The number of rotatable bonds is 5. The third-order valence-electron chi connectivity index (χ3n) is 3.83. The molecular weight excluding hydrogens is 286 g/mol. The molecule has 1 fully saturated rings. The van der Waals surface area contributed by atoms with Gasteiger partial charge in [0.15, 0.2) is 5.60 Å². The number of carbonyl (C=O) groups excluding carboxylic acids is 1. The molecule has 1 aliphatic heterocycles. The van der Waals surface area contributed by atoms with Crippen molar-refractivity contribution in [3.8, 4) is 5.75 Å². The number of likely N-dealkylation sites (tertiary alicyclic amines) is 1. The van der Waals surface area contributed by atoms with Crippen molar-refractivity contribution in [3.05, 3.63) is 29.8 Å². The molecular formula is C16H21NO5. The van der Waals surface area contributed by atoms with E-state index in [0.29, 0.717) is 17.9 Å². The van der Waals surface area contributed by atoms with Crippen molar-refractivity contribution in [1.82, 2.24) is 4.90 Å². The van der Waals surface area contributed by atoms with Crippen LogP contribution in [0.15, 0.2) is 24.3 Å². The number of nitrogens with zero attached hydrogens (tertiary/aromatic N) is 1. The molecule has 120 valence electrons. The van der Waals surface area contributed by atoms with Crippen molar-refractivity contribution in [2.24, 2.45) is 0 Å². The molecule has 6 heteroatoms. The molecule has 2 N–H and O–H groups in total. The van der Waals surface area contributed by atoms with Crippen molar-refractivity contribution >= 4 is 11.9 Å². The second-order valence-electron chi connectivity index (χ2n) is 5.51. The van der Waals surface area contributed by atoms with Gasteiger partial charge in [0.05, 0.1) is 6.61 Å². The third kappa shape index (κ3) is 3.57. The van der Waals surface area contributed by atoms with Crippen molar-refractivity contribution in [1.29, 1.82) is 0 Å². The number of carboxylic acids is 1. The fraction of sp³-hybridized carbons (Fsp3) is 0.500. The molecule has 0 bridgehead atoms. The number of aliphatic hydroxyl groups is 1. The first-order valence-electron chi connectivity index (χ1n) is 7.44. The zero-order valence-corrected chi connectivity index (χ0v) is 12.6. The molecule has 1 heterocycles. The molecule has 22 heavy (non-hydrogen) atoms. The standard InChI is InChI=1S/C16H21NO5/c1-2-10-22-13-5-3-4-12(11-13)14(18)17-8-6-16(21,7-9-17)15(19)20/h3-5,11,21H,2,6-10H2,1H3,(H,19,20). The second kappa shape index (κ2) is 6.79. The lowest BCUT2D eigenvalue weighted by Gasteiger charge is -2.35. The minimum Gasteiger partial charge on any atom is -0.494 e. The van der Waals surface area contributed by atoms with Gasteiger partial charge in [0, 0.05) is 31.5 Å². The number of ether oxygens (including phenoxy) is 1. The number of piperidine rings is 1. The van der Waals surface area contributed by atoms with Gasteiger partial charge in [-0.3, -0.25) is 4.79 Å². The summed E-state index contributed by atoms with van der Waals surface area (Å²) >= 11 is 0. The minimum atomic E-state index is -1.72. The topological polar surface area (TPSA) is 87.1 Å². The van der Waals surface area contributed by atoms with E-state index >= 15 is 0 Å². The van der Waals surface area contributed by atoms with Crippen molar-refractivity contribution in [2.45, 2.75) is 31.8 Å². The molecule has 1 aromatic carbocycles. The summed E-state index contributed by atoms with van der Waals surface area (Å²) in [6, 6.07) is 6.96. The van der Waals surface area contributed by atoms with Crippen LogP contribution in [0.4, 0.5) is 0 Å². The number of benzene rings is 1. The van der Waals surface area contributed by atoms with Gasteiger partial charge in [-0.1, -0.05) is 13.0 Å². The van der Waals surface area contributed by atoms with Crippen LogP contribution in [0.5, 0.6) is 5.75 Å². The molecule has 0 saturated carbocycles. The van der Waals surface area contributed by atoms with Crippen LogP contribution in [-0.2, 0) is 4.79 Å². The predicted octanol–water partition coefficient (Wildman–Crippen LogP) is 1.53. The van der Waals surface area contributed by atoms with Crippen LogP contribution in [0.2, 0.25) is 0 Å². The van der Waals surface area contributed by atoms with Crippen LogP contribution >= 0.6 is 0 Å². The molecule has 1 aliphatic rings. The number of carboxylic acid groups (broad SMARTS) is 1. The molecule has 0 spiro atoms. The van der Waals surface area contributed by atoms with Crippen molar-refractivity contribution in [2.75, 3.05) is 19.7 Å². The maximum atomic E-state index is 12.4. The Morgan fingerprint density at radius 3 is 2.59 bits per heavy atom. The molecule has 0 aliphatic carbocycles. The van der Waals surface area contributed by atoms with E-state index in [0.717, 1.165) is 6.42 Å². The first kappa shape index (κ1) is 16.3. The maximum absolute atomic E-state index is 12.4. The summed E-state index contributed by atoms with van der Waals surface area (Å²) in [6.07, 6.45) is 0.971. The Morgan fingerprint density at radius 1 is 1.32 bits per heavy atom. The Balaban J connectivity index is 2.02. The number of carbonyl (C=O) groups is 2. The first-order chi connectivity index (χ1) is 10.5. The molecule has 0 radical (unpaired) electrons. The summed E-state index contributed by atoms with van der Waals surface area (Å²) in [7, 11) is 0. The van der Waals surface area contributed by atoms with Gasteiger partial charge in [0.2, 0.25) is 0 Å². The average molecular weight is 307 g/mol. The van der Waals surface area contributed by atoms with E-state index < -0.39 is 11.6 Å². The Kier molecular flexibility index (Phi) is 5.03. The first-order valence-corrected chi connectivity index (χ1v) is 7.44. The summed E-state index contributed by atoms with van der Waals surface area (Å²) in [5.74, 6) is -0.754. The third-order valence-corrected chi connectivity index (χ3v) is 3.83. The lowest BCUT2D eigenvalue weighted by atomic mass is 9.91. The molecule has 0 unspecified atom stereocenters. The molecule has 1 aromatic rings. The van der Waals surface area contributed by atoms with Crippen LogP contribution in [0.25, 0.3) is 0 Å². The molecule has 1 amide bonds. The zero-order chi connectivity index (χ0) is 16.2. The molecule has 2 rings (SSSR count). The predicted molar refractivity (Wildman–Crippen MR) is 80.0 cm³/mol. The molecule has 0 atom stereocenters. The highest BCUT2D eigenvalue weighted by Gasteiger charge is 2.40. The SMILES string of the molecule is CCCOc1cccc(C(=O)N2CCC(O)(C(=O)O)CC2)c1. The molecule has 0 aromatic heterocycles. The second-order valence-corrected chi connectivity index (χ2v) is 5.51. The van der Waals surface area contributed by atoms with Crippen molar-refractivity contribution < 1.29 is 24.5 Å². The number of aliphatic carboxylic acids is 1.